The summed E-state index contributed by atoms with van der Waals surface area (Å²) in [6, 6.07) is 6.91. The number of halogens is 1. The van der Waals surface area contributed by atoms with Crippen molar-refractivity contribution in [3.63, 3.8) is 0 Å². The summed E-state index contributed by atoms with van der Waals surface area (Å²) < 4.78 is 0. The smallest absolute Gasteiger partial charge is 0.253 e. The molecule has 3 nitrogen and oxygen atoms in total. The zero-order chi connectivity index (χ0) is 13.1. The zero-order valence-electron chi connectivity index (χ0n) is 9.87. The van der Waals surface area contributed by atoms with Crippen molar-refractivity contribution in [2.45, 2.75) is 13.5 Å². The largest absolute Gasteiger partial charge is 0.399 e. The van der Waals surface area contributed by atoms with E-state index in [0.717, 1.165) is 4.88 Å². The minimum absolute atomic E-state index is 0.208. The lowest BCUT2D eigenvalue weighted by molar-refractivity contribution is 0.0951. The van der Waals surface area contributed by atoms with Crippen molar-refractivity contribution >= 4 is 34.5 Å². The lowest BCUT2D eigenvalue weighted by Crippen LogP contribution is -2.23. The fourth-order valence-electron chi connectivity index (χ4n) is 1.56. The number of amides is 1. The second kappa shape index (κ2) is 5.42. The van der Waals surface area contributed by atoms with Crippen LogP contribution in [0.15, 0.2) is 29.6 Å². The number of nitrogens with one attached hydrogen (secondary N) is 1. The molecule has 1 amide bonds. The highest BCUT2D eigenvalue weighted by molar-refractivity contribution is 7.10. The molecule has 0 spiro atoms. The summed E-state index contributed by atoms with van der Waals surface area (Å²) in [5.74, 6) is -0.208. The topological polar surface area (TPSA) is 55.1 Å². The Labute approximate surface area is 115 Å². The van der Waals surface area contributed by atoms with Gasteiger partial charge in [-0.1, -0.05) is 11.6 Å². The molecule has 94 valence electrons. The molecule has 0 unspecified atom stereocenters. The summed E-state index contributed by atoms with van der Waals surface area (Å²) in [7, 11) is 0. The van der Waals surface area contributed by atoms with Crippen LogP contribution in [0.25, 0.3) is 0 Å². The number of carbonyl (C=O) groups is 1. The van der Waals surface area contributed by atoms with Crippen molar-refractivity contribution in [1.82, 2.24) is 5.32 Å². The number of rotatable bonds is 3. The summed E-state index contributed by atoms with van der Waals surface area (Å²) in [6.45, 7) is 2.53. The molecule has 0 aliphatic carbocycles. The van der Waals surface area contributed by atoms with E-state index in [-0.39, 0.29) is 5.91 Å². The molecule has 0 saturated carbocycles. The summed E-state index contributed by atoms with van der Waals surface area (Å²) in [5, 5.41) is 5.25. The third-order valence-corrected chi connectivity index (χ3v) is 3.97. The van der Waals surface area contributed by atoms with Gasteiger partial charge in [-0.2, -0.15) is 0 Å². The zero-order valence-corrected chi connectivity index (χ0v) is 11.4. The maximum Gasteiger partial charge on any atom is 0.253 e. The van der Waals surface area contributed by atoms with Crippen LogP contribution in [0.3, 0.4) is 0 Å². The first-order chi connectivity index (χ1) is 8.58. The van der Waals surface area contributed by atoms with E-state index in [1.54, 1.807) is 29.5 Å². The van der Waals surface area contributed by atoms with Crippen LogP contribution in [0.2, 0.25) is 5.02 Å². The average Bonchev–Trinajstić information content (AvgIpc) is 2.75. The molecule has 0 aliphatic heterocycles. The number of thiophene rings is 1. The second-order valence-electron chi connectivity index (χ2n) is 3.95. The monoisotopic (exact) mass is 280 g/mol. The standard InChI is InChI=1S/C13H13ClN2OS/c1-8-4-5-18-12(8)7-16-13(17)10-6-9(15)2-3-11(10)14/h2-6H,7,15H2,1H3,(H,16,17). The van der Waals surface area contributed by atoms with E-state index in [0.29, 0.717) is 22.8 Å². The van der Waals surface area contributed by atoms with E-state index in [1.165, 1.54) is 5.56 Å². The molecular weight excluding hydrogens is 268 g/mol. The van der Waals surface area contributed by atoms with Crippen LogP contribution in [0.5, 0.6) is 0 Å². The van der Waals surface area contributed by atoms with E-state index in [2.05, 4.69) is 5.32 Å². The van der Waals surface area contributed by atoms with Gasteiger partial charge >= 0.3 is 0 Å². The molecule has 1 aromatic carbocycles. The summed E-state index contributed by atoms with van der Waals surface area (Å²) in [5.41, 5.74) is 7.76. The van der Waals surface area contributed by atoms with Crippen molar-refractivity contribution < 1.29 is 4.79 Å². The van der Waals surface area contributed by atoms with Crippen molar-refractivity contribution in [3.05, 3.63) is 50.7 Å². The first-order valence-corrected chi connectivity index (χ1v) is 6.70. The summed E-state index contributed by atoms with van der Waals surface area (Å²) in [4.78, 5) is 13.1. The minimum atomic E-state index is -0.208. The van der Waals surface area contributed by atoms with Crippen LogP contribution in [0, 0.1) is 6.92 Å². The molecule has 0 atom stereocenters. The average molecular weight is 281 g/mol. The van der Waals surface area contributed by atoms with Crippen LogP contribution >= 0.6 is 22.9 Å². The lowest BCUT2D eigenvalue weighted by Gasteiger charge is -2.07. The van der Waals surface area contributed by atoms with Gasteiger partial charge in [0.15, 0.2) is 0 Å². The Hall–Kier alpha value is -1.52. The van der Waals surface area contributed by atoms with Crippen LogP contribution in [-0.2, 0) is 6.54 Å². The quantitative estimate of drug-likeness (QED) is 0.848. The number of aryl methyl sites for hydroxylation is 1. The molecule has 5 heteroatoms. The van der Waals surface area contributed by atoms with Crippen LogP contribution < -0.4 is 11.1 Å². The third kappa shape index (κ3) is 2.83. The number of carbonyl (C=O) groups excluding carboxylic acids is 1. The van der Waals surface area contributed by atoms with Gasteiger partial charge in [0.25, 0.3) is 5.91 Å². The SMILES string of the molecule is Cc1ccsc1CNC(=O)c1cc(N)ccc1Cl. The molecule has 0 radical (unpaired) electrons. The molecule has 2 aromatic rings. The number of nitrogens with two attached hydrogens (primary N) is 1. The van der Waals surface area contributed by atoms with Gasteiger partial charge in [-0.3, -0.25) is 4.79 Å². The Morgan fingerprint density at radius 2 is 2.22 bits per heavy atom. The molecule has 1 heterocycles. The number of hydrogen-bond acceptors (Lipinski definition) is 3. The van der Waals surface area contributed by atoms with Gasteiger partial charge in [0.2, 0.25) is 0 Å². The fourth-order valence-corrected chi connectivity index (χ4v) is 2.61. The van der Waals surface area contributed by atoms with E-state index < -0.39 is 0 Å². The molecule has 18 heavy (non-hydrogen) atoms. The molecule has 0 fully saturated rings. The molecule has 0 aliphatic rings. The Morgan fingerprint density at radius 1 is 1.44 bits per heavy atom. The molecule has 0 saturated heterocycles. The van der Waals surface area contributed by atoms with Crippen LogP contribution in [0.1, 0.15) is 20.8 Å². The van der Waals surface area contributed by atoms with Crippen molar-refractivity contribution in [2.24, 2.45) is 0 Å². The first-order valence-electron chi connectivity index (χ1n) is 5.44. The lowest BCUT2D eigenvalue weighted by atomic mass is 10.2. The Morgan fingerprint density at radius 3 is 2.89 bits per heavy atom. The summed E-state index contributed by atoms with van der Waals surface area (Å²) >= 11 is 7.59. The predicted molar refractivity (Wildman–Crippen MR) is 76.1 cm³/mol. The number of anilines is 1. The highest BCUT2D eigenvalue weighted by Crippen LogP contribution is 2.19. The predicted octanol–water partition coefficient (Wildman–Crippen LogP) is 3.22. The normalized spacial score (nSPS) is 10.3. The van der Waals surface area contributed by atoms with Gasteiger partial charge in [0.1, 0.15) is 0 Å². The molecule has 1 aromatic heterocycles. The first kappa shape index (κ1) is 12.9. The van der Waals surface area contributed by atoms with Gasteiger partial charge in [-0.05, 0) is 42.1 Å². The Bertz CT molecular complexity index is 580. The highest BCUT2D eigenvalue weighted by Gasteiger charge is 2.11. The minimum Gasteiger partial charge on any atom is -0.399 e. The van der Waals surface area contributed by atoms with Crippen molar-refractivity contribution in [1.29, 1.82) is 0 Å². The molecular formula is C13H13ClN2OS. The van der Waals surface area contributed by atoms with Crippen LogP contribution in [-0.4, -0.2) is 5.91 Å². The van der Waals surface area contributed by atoms with E-state index >= 15 is 0 Å². The maximum absolute atomic E-state index is 12.0. The third-order valence-electron chi connectivity index (χ3n) is 2.61. The fraction of sp³-hybridized carbons (Fsp3) is 0.154. The van der Waals surface area contributed by atoms with E-state index in [4.69, 9.17) is 17.3 Å². The summed E-state index contributed by atoms with van der Waals surface area (Å²) in [6.07, 6.45) is 0. The second-order valence-corrected chi connectivity index (χ2v) is 5.36. The number of benzene rings is 1. The van der Waals surface area contributed by atoms with Gasteiger partial charge in [0, 0.05) is 10.6 Å². The van der Waals surface area contributed by atoms with Crippen molar-refractivity contribution in [2.75, 3.05) is 5.73 Å². The van der Waals surface area contributed by atoms with Gasteiger partial charge < -0.3 is 11.1 Å². The molecule has 2 rings (SSSR count). The van der Waals surface area contributed by atoms with Gasteiger partial charge in [-0.25, -0.2) is 0 Å². The van der Waals surface area contributed by atoms with E-state index in [9.17, 15) is 4.79 Å². The highest BCUT2D eigenvalue weighted by atomic mass is 35.5. The van der Waals surface area contributed by atoms with E-state index in [1.807, 2.05) is 18.4 Å². The maximum atomic E-state index is 12.0. The Kier molecular flexibility index (Phi) is 3.89. The number of hydrogen-bond donors (Lipinski definition) is 2. The van der Waals surface area contributed by atoms with Gasteiger partial charge in [0.05, 0.1) is 17.1 Å². The number of nitrogen functional groups attached to an aromatic ring is 1. The van der Waals surface area contributed by atoms with Crippen LogP contribution in [0.4, 0.5) is 5.69 Å². The van der Waals surface area contributed by atoms with Gasteiger partial charge in [-0.15, -0.1) is 11.3 Å². The molecule has 0 bridgehead atoms. The van der Waals surface area contributed by atoms with Crippen molar-refractivity contribution in [3.8, 4) is 0 Å². The molecule has 3 N–H and O–H groups in total. The Balaban J connectivity index is 2.08.